The smallest absolute Gasteiger partial charge is 0.263 e. The van der Waals surface area contributed by atoms with Crippen molar-refractivity contribution in [2.75, 3.05) is 0 Å². The van der Waals surface area contributed by atoms with Gasteiger partial charge in [-0.2, -0.15) is 0 Å². The molecule has 5 rings (SSSR count). The Labute approximate surface area is 188 Å². The van der Waals surface area contributed by atoms with Gasteiger partial charge in [0.05, 0.1) is 17.4 Å². The number of hydrogen-bond acceptors (Lipinski definition) is 4. The van der Waals surface area contributed by atoms with Crippen molar-refractivity contribution in [3.05, 3.63) is 105 Å². The highest BCUT2D eigenvalue weighted by molar-refractivity contribution is 7.98. The highest BCUT2D eigenvalue weighted by Gasteiger charge is 2.17. The molecular weight excluding hydrogens is 423 g/mol. The van der Waals surface area contributed by atoms with Crippen molar-refractivity contribution >= 4 is 28.4 Å². The van der Waals surface area contributed by atoms with Gasteiger partial charge in [0, 0.05) is 5.75 Å². The molecule has 0 saturated heterocycles. The minimum Gasteiger partial charge on any atom is -0.272 e. The van der Waals surface area contributed by atoms with Crippen molar-refractivity contribution in [1.82, 2.24) is 19.2 Å². The van der Waals surface area contributed by atoms with E-state index in [4.69, 9.17) is 0 Å². The molecule has 0 amide bonds. The van der Waals surface area contributed by atoms with E-state index in [1.165, 1.54) is 28.8 Å². The first kappa shape index (κ1) is 20.5. The Morgan fingerprint density at radius 1 is 0.969 bits per heavy atom. The van der Waals surface area contributed by atoms with E-state index in [0.29, 0.717) is 11.2 Å². The summed E-state index contributed by atoms with van der Waals surface area (Å²) in [4.78, 5) is 13.3. The Hall–Kier alpha value is -3.45. The van der Waals surface area contributed by atoms with Gasteiger partial charge >= 0.3 is 0 Å². The standard InChI is InChI=1S/C25H21FN4OS/c1-16-7-8-17(2)19(13-16)15-32-25-28-27-24-29(14-18-9-11-20(26)12-10-18)23(31)21-5-3-4-6-22(21)30(24)25/h3-13H,14-15H2,1-2H3. The lowest BCUT2D eigenvalue weighted by Gasteiger charge is -2.12. The molecule has 160 valence electrons. The summed E-state index contributed by atoms with van der Waals surface area (Å²) in [6, 6.07) is 20.1. The molecule has 0 N–H and O–H groups in total. The Morgan fingerprint density at radius 2 is 1.75 bits per heavy atom. The minimum atomic E-state index is -0.308. The van der Waals surface area contributed by atoms with Crippen molar-refractivity contribution in [1.29, 1.82) is 0 Å². The number of rotatable bonds is 5. The first-order valence-corrected chi connectivity index (χ1v) is 11.3. The summed E-state index contributed by atoms with van der Waals surface area (Å²) in [6.45, 7) is 4.47. The molecule has 32 heavy (non-hydrogen) atoms. The average Bonchev–Trinajstić information content (AvgIpc) is 3.22. The number of aryl methyl sites for hydroxylation is 2. The Bertz CT molecular complexity index is 1510. The maximum absolute atomic E-state index is 13.3. The van der Waals surface area contributed by atoms with Crippen LogP contribution in [0.5, 0.6) is 0 Å². The van der Waals surface area contributed by atoms with Crippen molar-refractivity contribution in [2.24, 2.45) is 0 Å². The van der Waals surface area contributed by atoms with Crippen molar-refractivity contribution in [2.45, 2.75) is 31.3 Å². The normalized spacial score (nSPS) is 11.5. The second-order valence-electron chi connectivity index (χ2n) is 7.87. The maximum atomic E-state index is 13.3. The zero-order valence-corrected chi connectivity index (χ0v) is 18.6. The molecule has 3 aromatic carbocycles. The molecule has 5 aromatic rings. The molecule has 0 bridgehead atoms. The zero-order valence-electron chi connectivity index (χ0n) is 17.7. The molecule has 0 atom stereocenters. The van der Waals surface area contributed by atoms with Crippen LogP contribution in [0.25, 0.3) is 16.7 Å². The third kappa shape index (κ3) is 3.69. The summed E-state index contributed by atoms with van der Waals surface area (Å²) in [5, 5.41) is 10.1. The number of aromatic nitrogens is 4. The number of fused-ring (bicyclic) bond motifs is 3. The zero-order chi connectivity index (χ0) is 22.2. The third-order valence-electron chi connectivity index (χ3n) is 5.59. The monoisotopic (exact) mass is 444 g/mol. The Balaban J connectivity index is 1.63. The number of para-hydroxylation sites is 1. The number of nitrogens with zero attached hydrogens (tertiary/aromatic N) is 4. The van der Waals surface area contributed by atoms with E-state index in [2.05, 4.69) is 42.2 Å². The number of benzene rings is 3. The number of hydrogen-bond donors (Lipinski definition) is 0. The van der Waals surface area contributed by atoms with Crippen LogP contribution in [0, 0.1) is 19.7 Å². The van der Waals surface area contributed by atoms with E-state index < -0.39 is 0 Å². The van der Waals surface area contributed by atoms with Crippen LogP contribution in [-0.4, -0.2) is 19.2 Å². The van der Waals surface area contributed by atoms with Gasteiger partial charge in [0.2, 0.25) is 5.78 Å². The summed E-state index contributed by atoms with van der Waals surface area (Å²) in [5.41, 5.74) is 5.15. The largest absolute Gasteiger partial charge is 0.272 e. The Morgan fingerprint density at radius 3 is 2.56 bits per heavy atom. The molecule has 7 heteroatoms. The van der Waals surface area contributed by atoms with Gasteiger partial charge < -0.3 is 0 Å². The third-order valence-corrected chi connectivity index (χ3v) is 6.57. The molecule has 0 spiro atoms. The van der Waals surface area contributed by atoms with Crippen LogP contribution in [0.3, 0.4) is 0 Å². The molecule has 5 nitrogen and oxygen atoms in total. The summed E-state index contributed by atoms with van der Waals surface area (Å²) in [6.07, 6.45) is 0. The summed E-state index contributed by atoms with van der Waals surface area (Å²) in [5.74, 6) is 0.915. The minimum absolute atomic E-state index is 0.143. The lowest BCUT2D eigenvalue weighted by molar-refractivity contribution is 0.626. The molecule has 0 aliphatic heterocycles. The number of thioether (sulfide) groups is 1. The highest BCUT2D eigenvalue weighted by Crippen LogP contribution is 2.26. The highest BCUT2D eigenvalue weighted by atomic mass is 32.2. The fraction of sp³-hybridized carbons (Fsp3) is 0.160. The van der Waals surface area contributed by atoms with E-state index in [-0.39, 0.29) is 17.9 Å². The van der Waals surface area contributed by atoms with Gasteiger partial charge in [-0.25, -0.2) is 4.39 Å². The molecule has 0 aliphatic rings. The van der Waals surface area contributed by atoms with Crippen LogP contribution in [0.1, 0.15) is 22.3 Å². The van der Waals surface area contributed by atoms with Crippen molar-refractivity contribution in [3.63, 3.8) is 0 Å². The molecular formula is C25H21FN4OS. The van der Waals surface area contributed by atoms with Gasteiger partial charge in [-0.3, -0.25) is 13.8 Å². The fourth-order valence-electron chi connectivity index (χ4n) is 3.84. The van der Waals surface area contributed by atoms with E-state index in [0.717, 1.165) is 22.0 Å². The summed E-state index contributed by atoms with van der Waals surface area (Å²) in [7, 11) is 0. The van der Waals surface area contributed by atoms with Crippen LogP contribution >= 0.6 is 11.8 Å². The first-order valence-electron chi connectivity index (χ1n) is 10.3. The van der Waals surface area contributed by atoms with E-state index in [9.17, 15) is 9.18 Å². The van der Waals surface area contributed by atoms with Gasteiger partial charge in [0.15, 0.2) is 5.16 Å². The van der Waals surface area contributed by atoms with Gasteiger partial charge in [0.1, 0.15) is 5.82 Å². The molecule has 0 unspecified atom stereocenters. The van der Waals surface area contributed by atoms with Gasteiger partial charge in [-0.05, 0) is 54.8 Å². The number of halogens is 1. The topological polar surface area (TPSA) is 52.2 Å². The molecule has 0 aliphatic carbocycles. The Kier molecular flexibility index (Phi) is 5.27. The first-order chi connectivity index (χ1) is 15.5. The van der Waals surface area contributed by atoms with Crippen LogP contribution in [0.2, 0.25) is 0 Å². The predicted molar refractivity (Wildman–Crippen MR) is 126 cm³/mol. The fourth-order valence-corrected chi connectivity index (χ4v) is 4.84. The molecule has 2 aromatic heterocycles. The second kappa shape index (κ2) is 8.24. The summed E-state index contributed by atoms with van der Waals surface area (Å²) < 4.78 is 16.9. The second-order valence-corrected chi connectivity index (χ2v) is 8.81. The molecule has 0 fully saturated rings. The van der Waals surface area contributed by atoms with E-state index in [1.807, 2.05) is 28.7 Å². The van der Waals surface area contributed by atoms with Crippen LogP contribution in [0.4, 0.5) is 4.39 Å². The summed E-state index contributed by atoms with van der Waals surface area (Å²) >= 11 is 1.59. The van der Waals surface area contributed by atoms with E-state index >= 15 is 0 Å². The van der Waals surface area contributed by atoms with Crippen LogP contribution < -0.4 is 5.56 Å². The molecule has 0 saturated carbocycles. The van der Waals surface area contributed by atoms with Crippen LogP contribution in [0.15, 0.2) is 76.7 Å². The van der Waals surface area contributed by atoms with Gasteiger partial charge in [-0.15, -0.1) is 10.2 Å². The quantitative estimate of drug-likeness (QED) is 0.352. The van der Waals surface area contributed by atoms with Gasteiger partial charge in [0.25, 0.3) is 5.56 Å². The lowest BCUT2D eigenvalue weighted by atomic mass is 10.1. The molecule has 0 radical (unpaired) electrons. The molecule has 2 heterocycles. The van der Waals surface area contributed by atoms with Crippen molar-refractivity contribution in [3.8, 4) is 0 Å². The predicted octanol–water partition coefficient (Wildman–Crippen LogP) is 5.14. The maximum Gasteiger partial charge on any atom is 0.263 e. The average molecular weight is 445 g/mol. The lowest BCUT2D eigenvalue weighted by Crippen LogP contribution is -2.24. The van der Waals surface area contributed by atoms with Crippen LogP contribution in [-0.2, 0) is 12.3 Å². The van der Waals surface area contributed by atoms with Gasteiger partial charge in [-0.1, -0.05) is 59.8 Å². The van der Waals surface area contributed by atoms with E-state index in [1.54, 1.807) is 28.5 Å². The SMILES string of the molecule is Cc1ccc(C)c(CSc2nnc3n(Cc4ccc(F)cc4)c(=O)c4ccccc4n23)c1. The van der Waals surface area contributed by atoms with Crippen molar-refractivity contribution < 1.29 is 4.39 Å².